The highest BCUT2D eigenvalue weighted by Crippen LogP contribution is 2.33. The van der Waals surface area contributed by atoms with Crippen molar-refractivity contribution >= 4 is 22.0 Å². The van der Waals surface area contributed by atoms with Crippen LogP contribution in [-0.2, 0) is 23.8 Å². The molecule has 0 amide bonds. The molecule has 0 aliphatic carbocycles. The van der Waals surface area contributed by atoms with Crippen molar-refractivity contribution in [3.63, 3.8) is 0 Å². The fourth-order valence-electron chi connectivity index (χ4n) is 3.00. The van der Waals surface area contributed by atoms with E-state index < -0.39 is 11.0 Å². The minimum atomic E-state index is -1.37. The molecule has 0 bridgehead atoms. The van der Waals surface area contributed by atoms with Crippen LogP contribution in [0.25, 0.3) is 11.0 Å². The zero-order valence-corrected chi connectivity index (χ0v) is 13.4. The third kappa shape index (κ3) is 2.34. The number of hydrogen-bond acceptors (Lipinski definition) is 4. The predicted molar refractivity (Wildman–Crippen MR) is 89.9 cm³/mol. The van der Waals surface area contributed by atoms with Crippen molar-refractivity contribution < 1.29 is 8.95 Å². The summed E-state index contributed by atoms with van der Waals surface area (Å²) in [5.41, 5.74) is 9.54. The lowest BCUT2D eigenvalue weighted by atomic mass is 10.2. The first kappa shape index (κ1) is 14.4. The van der Waals surface area contributed by atoms with E-state index in [2.05, 4.69) is 4.98 Å². The summed E-state index contributed by atoms with van der Waals surface area (Å²) in [5.74, 6) is 0.761. The molecule has 118 valence electrons. The Morgan fingerprint density at radius 2 is 2.22 bits per heavy atom. The van der Waals surface area contributed by atoms with Gasteiger partial charge in [0.05, 0.1) is 17.6 Å². The lowest BCUT2D eigenvalue weighted by Gasteiger charge is -2.09. The lowest BCUT2D eigenvalue weighted by molar-refractivity contribution is 0.349. The molecule has 0 saturated carbocycles. The topological polar surface area (TPSA) is 70.1 Å². The first-order valence-corrected chi connectivity index (χ1v) is 8.72. The largest absolute Gasteiger partial charge is 0.492 e. The zero-order chi connectivity index (χ0) is 15.8. The molecule has 23 heavy (non-hydrogen) atoms. The van der Waals surface area contributed by atoms with E-state index in [9.17, 15) is 4.21 Å². The van der Waals surface area contributed by atoms with Gasteiger partial charge in [0, 0.05) is 18.8 Å². The molecular formula is C17H17N3O2S. The van der Waals surface area contributed by atoms with Gasteiger partial charge in [-0.2, -0.15) is 0 Å². The van der Waals surface area contributed by atoms with E-state index >= 15 is 0 Å². The first-order valence-electron chi connectivity index (χ1n) is 7.61. The highest BCUT2D eigenvalue weighted by molar-refractivity contribution is 7.83. The van der Waals surface area contributed by atoms with Gasteiger partial charge in [-0.25, -0.2) is 4.21 Å². The van der Waals surface area contributed by atoms with Crippen molar-refractivity contribution in [2.75, 3.05) is 13.2 Å². The smallest absolute Gasteiger partial charge is 0.160 e. The molecule has 6 heteroatoms. The summed E-state index contributed by atoms with van der Waals surface area (Å²) in [5, 5.41) is 0. The van der Waals surface area contributed by atoms with E-state index in [1.165, 1.54) is 0 Å². The Bertz CT molecular complexity index is 904. The highest BCUT2D eigenvalue weighted by atomic mass is 32.2. The summed E-state index contributed by atoms with van der Waals surface area (Å²) in [6, 6.07) is 9.62. The van der Waals surface area contributed by atoms with Crippen LogP contribution in [-0.4, -0.2) is 26.3 Å². The number of benzene rings is 1. The molecule has 1 unspecified atom stereocenters. The van der Waals surface area contributed by atoms with E-state index in [4.69, 9.17) is 10.5 Å². The Labute approximate surface area is 136 Å². The van der Waals surface area contributed by atoms with E-state index in [1.807, 2.05) is 36.5 Å². The van der Waals surface area contributed by atoms with Crippen LogP contribution in [0.15, 0.2) is 47.6 Å². The number of para-hydroxylation sites is 1. The molecule has 2 aromatic heterocycles. The van der Waals surface area contributed by atoms with Crippen molar-refractivity contribution in [2.24, 2.45) is 5.73 Å². The van der Waals surface area contributed by atoms with Crippen LogP contribution >= 0.6 is 0 Å². The fraction of sp³-hybridized carbons (Fsp3) is 0.235. The normalized spacial score (nSPS) is 14.7. The van der Waals surface area contributed by atoms with Gasteiger partial charge in [-0.1, -0.05) is 12.1 Å². The molecule has 3 aromatic rings. The second-order valence-corrected chi connectivity index (χ2v) is 6.81. The molecule has 4 rings (SSSR count). The molecule has 0 spiro atoms. The van der Waals surface area contributed by atoms with Crippen molar-refractivity contribution in [3.8, 4) is 5.75 Å². The monoisotopic (exact) mass is 327 g/mol. The molecule has 0 radical (unpaired) electrons. The molecule has 1 aliphatic rings. The molecular weight excluding hydrogens is 310 g/mol. The third-order valence-corrected chi connectivity index (χ3v) is 5.42. The average Bonchev–Trinajstić information content (AvgIpc) is 3.19. The molecule has 5 nitrogen and oxygen atoms in total. The van der Waals surface area contributed by atoms with Crippen LogP contribution in [0.2, 0.25) is 0 Å². The number of nitrogens with zero attached hydrogens (tertiary/aromatic N) is 2. The SMILES string of the molecule is NCCc1cn(S(=O)c2cccc3c2OCC3)c2cccnc12. The standard InChI is InChI=1S/C17H17N3O2S/c18-8-6-13-11-20(14-4-2-9-19-16(13)14)23(21)15-5-1-3-12-7-10-22-17(12)15/h1-5,9,11H,6-8,10,18H2. The van der Waals surface area contributed by atoms with Crippen LogP contribution in [0.3, 0.4) is 0 Å². The number of rotatable bonds is 4. The number of ether oxygens (including phenoxy) is 1. The Morgan fingerprint density at radius 3 is 3.09 bits per heavy atom. The van der Waals surface area contributed by atoms with Crippen molar-refractivity contribution in [2.45, 2.75) is 17.7 Å². The molecule has 0 saturated heterocycles. The van der Waals surface area contributed by atoms with Crippen molar-refractivity contribution in [3.05, 3.63) is 53.9 Å². The van der Waals surface area contributed by atoms with Crippen LogP contribution in [0.5, 0.6) is 5.75 Å². The predicted octanol–water partition coefficient (Wildman–Crippen LogP) is 2.04. The number of fused-ring (bicyclic) bond motifs is 2. The maximum Gasteiger partial charge on any atom is 0.160 e. The second kappa shape index (κ2) is 5.79. The number of nitrogens with two attached hydrogens (primary N) is 1. The van der Waals surface area contributed by atoms with Gasteiger partial charge in [-0.3, -0.25) is 8.96 Å². The van der Waals surface area contributed by atoms with Crippen LogP contribution in [0, 0.1) is 0 Å². The summed E-state index contributed by atoms with van der Waals surface area (Å²) >= 11 is 0. The Morgan fingerprint density at radius 1 is 1.30 bits per heavy atom. The third-order valence-electron chi connectivity index (χ3n) is 4.06. The van der Waals surface area contributed by atoms with Gasteiger partial charge >= 0.3 is 0 Å². The summed E-state index contributed by atoms with van der Waals surface area (Å²) < 4.78 is 20.6. The van der Waals surface area contributed by atoms with Gasteiger partial charge in [0.2, 0.25) is 0 Å². The fourth-order valence-corrected chi connectivity index (χ4v) is 4.30. The van der Waals surface area contributed by atoms with Gasteiger partial charge in [-0.15, -0.1) is 0 Å². The molecule has 2 N–H and O–H groups in total. The highest BCUT2D eigenvalue weighted by Gasteiger charge is 2.22. The number of pyridine rings is 1. The van der Waals surface area contributed by atoms with Crippen LogP contribution < -0.4 is 10.5 Å². The maximum atomic E-state index is 13.2. The van der Waals surface area contributed by atoms with Gasteiger partial charge in [0.15, 0.2) is 11.0 Å². The zero-order valence-electron chi connectivity index (χ0n) is 12.6. The van der Waals surface area contributed by atoms with Gasteiger partial charge in [0.1, 0.15) is 10.6 Å². The molecule has 1 aromatic carbocycles. The van der Waals surface area contributed by atoms with E-state index in [0.29, 0.717) is 24.5 Å². The number of aromatic nitrogens is 2. The minimum absolute atomic E-state index is 0.534. The van der Waals surface area contributed by atoms with Gasteiger partial charge in [0.25, 0.3) is 0 Å². The minimum Gasteiger partial charge on any atom is -0.492 e. The summed E-state index contributed by atoms with van der Waals surface area (Å²) in [6.07, 6.45) is 5.22. The average molecular weight is 327 g/mol. The van der Waals surface area contributed by atoms with Crippen molar-refractivity contribution in [1.82, 2.24) is 8.96 Å². The van der Waals surface area contributed by atoms with Crippen molar-refractivity contribution in [1.29, 1.82) is 0 Å². The van der Waals surface area contributed by atoms with E-state index in [1.54, 1.807) is 10.2 Å². The Hall–Kier alpha value is -2.18. The molecule has 0 fully saturated rings. The second-order valence-electron chi connectivity index (χ2n) is 5.48. The lowest BCUT2D eigenvalue weighted by Crippen LogP contribution is -2.06. The first-order chi connectivity index (χ1) is 11.3. The van der Waals surface area contributed by atoms with E-state index in [-0.39, 0.29) is 0 Å². The van der Waals surface area contributed by atoms with Crippen LogP contribution in [0.4, 0.5) is 0 Å². The molecule has 3 heterocycles. The molecule has 1 aliphatic heterocycles. The maximum absolute atomic E-state index is 13.2. The quantitative estimate of drug-likeness (QED) is 0.796. The van der Waals surface area contributed by atoms with E-state index in [0.717, 1.165) is 34.3 Å². The van der Waals surface area contributed by atoms with Crippen LogP contribution in [0.1, 0.15) is 11.1 Å². The Balaban J connectivity index is 1.86. The summed E-state index contributed by atoms with van der Waals surface area (Å²) in [6.45, 7) is 1.18. The number of hydrogen-bond donors (Lipinski definition) is 1. The van der Waals surface area contributed by atoms with Gasteiger partial charge < -0.3 is 10.5 Å². The summed E-state index contributed by atoms with van der Waals surface area (Å²) in [7, 11) is -1.37. The summed E-state index contributed by atoms with van der Waals surface area (Å²) in [4.78, 5) is 5.14. The van der Waals surface area contributed by atoms with Gasteiger partial charge in [-0.05, 0) is 42.3 Å². The Kier molecular flexibility index (Phi) is 3.63. The molecule has 1 atom stereocenters.